The lowest BCUT2D eigenvalue weighted by Gasteiger charge is -2.27. The Balaban J connectivity index is 0.00000341. The predicted octanol–water partition coefficient (Wildman–Crippen LogP) is 3.52. The third kappa shape index (κ3) is 9.30. The van der Waals surface area contributed by atoms with Crippen molar-refractivity contribution in [1.29, 1.82) is 0 Å². The summed E-state index contributed by atoms with van der Waals surface area (Å²) in [5, 5.41) is 16.4. The second-order valence-electron chi connectivity index (χ2n) is 7.36. The summed E-state index contributed by atoms with van der Waals surface area (Å²) in [6.45, 7) is 4.29. The van der Waals surface area contributed by atoms with E-state index in [0.717, 1.165) is 49.5 Å². The van der Waals surface area contributed by atoms with E-state index in [2.05, 4.69) is 27.5 Å². The van der Waals surface area contributed by atoms with Crippen molar-refractivity contribution in [2.75, 3.05) is 19.8 Å². The fourth-order valence-corrected chi connectivity index (χ4v) is 3.32. The summed E-state index contributed by atoms with van der Waals surface area (Å²) >= 11 is 0. The van der Waals surface area contributed by atoms with E-state index in [4.69, 9.17) is 9.47 Å². The van der Waals surface area contributed by atoms with Crippen LogP contribution in [0.4, 0.5) is 0 Å². The van der Waals surface area contributed by atoms with Crippen molar-refractivity contribution < 1.29 is 14.6 Å². The predicted molar refractivity (Wildman–Crippen MR) is 133 cm³/mol. The maximum absolute atomic E-state index is 9.66. The van der Waals surface area contributed by atoms with Gasteiger partial charge in [0.25, 0.3) is 0 Å². The minimum absolute atomic E-state index is 0. The molecule has 0 aliphatic heterocycles. The quantitative estimate of drug-likeness (QED) is 0.195. The Hall–Kier alpha value is -2.07. The average Bonchev–Trinajstić information content (AvgIpc) is 2.78. The standard InChI is InChI=1S/C23H32N4O3.HI/c1-2-24-23(27-19-9-11-20(28)12-10-19)26-17-18-8-13-22(25-16-18)30-15-14-29-21-6-4-3-5-7-21;/h3-8,13,16,19-20,28H,2,9-12,14-15,17H2,1H3,(H2,24,26,27);1H. The number of nitrogens with zero attached hydrogens (tertiary/aromatic N) is 2. The highest BCUT2D eigenvalue weighted by Gasteiger charge is 2.19. The first-order chi connectivity index (χ1) is 14.7. The van der Waals surface area contributed by atoms with Crippen LogP contribution in [0.1, 0.15) is 38.2 Å². The van der Waals surface area contributed by atoms with Crippen molar-refractivity contribution in [2.24, 2.45) is 4.99 Å². The average molecular weight is 540 g/mol. The van der Waals surface area contributed by atoms with Gasteiger partial charge in [0, 0.05) is 24.8 Å². The van der Waals surface area contributed by atoms with Crippen LogP contribution < -0.4 is 20.1 Å². The summed E-state index contributed by atoms with van der Waals surface area (Å²) in [6, 6.07) is 13.9. The van der Waals surface area contributed by atoms with Gasteiger partial charge in [-0.05, 0) is 50.3 Å². The van der Waals surface area contributed by atoms with Gasteiger partial charge in [-0.15, -0.1) is 24.0 Å². The van der Waals surface area contributed by atoms with Crippen molar-refractivity contribution in [3.05, 3.63) is 54.2 Å². The number of guanidine groups is 1. The molecular weight excluding hydrogens is 507 g/mol. The number of hydrogen-bond acceptors (Lipinski definition) is 5. The van der Waals surface area contributed by atoms with Crippen molar-refractivity contribution in [1.82, 2.24) is 15.6 Å². The molecule has 1 fully saturated rings. The van der Waals surface area contributed by atoms with Crippen LogP contribution in [0.5, 0.6) is 11.6 Å². The van der Waals surface area contributed by atoms with Crippen LogP contribution in [-0.4, -0.2) is 48.0 Å². The largest absolute Gasteiger partial charge is 0.490 e. The molecule has 1 aliphatic rings. The van der Waals surface area contributed by atoms with Crippen LogP contribution in [0, 0.1) is 0 Å². The molecule has 0 radical (unpaired) electrons. The summed E-state index contributed by atoms with van der Waals surface area (Å²) in [4.78, 5) is 9.02. The Morgan fingerprint density at radius 2 is 1.81 bits per heavy atom. The van der Waals surface area contributed by atoms with Gasteiger partial charge < -0.3 is 25.2 Å². The number of rotatable bonds is 9. The van der Waals surface area contributed by atoms with E-state index in [0.29, 0.717) is 31.7 Å². The number of benzene rings is 1. The second-order valence-corrected chi connectivity index (χ2v) is 7.36. The molecule has 0 saturated heterocycles. The van der Waals surface area contributed by atoms with Gasteiger partial charge >= 0.3 is 0 Å². The van der Waals surface area contributed by atoms with Gasteiger partial charge in [-0.3, -0.25) is 0 Å². The highest BCUT2D eigenvalue weighted by atomic mass is 127. The molecule has 1 aliphatic carbocycles. The van der Waals surface area contributed by atoms with Crippen LogP contribution >= 0.6 is 24.0 Å². The Bertz CT molecular complexity index is 766. The van der Waals surface area contributed by atoms with E-state index in [-0.39, 0.29) is 30.1 Å². The Labute approximate surface area is 201 Å². The van der Waals surface area contributed by atoms with Gasteiger partial charge in [-0.2, -0.15) is 0 Å². The third-order valence-corrected chi connectivity index (χ3v) is 4.94. The van der Waals surface area contributed by atoms with Crippen molar-refractivity contribution in [2.45, 2.75) is 51.3 Å². The second kappa shape index (κ2) is 14.1. The smallest absolute Gasteiger partial charge is 0.213 e. The highest BCUT2D eigenvalue weighted by Crippen LogP contribution is 2.18. The third-order valence-electron chi connectivity index (χ3n) is 4.94. The normalized spacial score (nSPS) is 18.6. The fraction of sp³-hybridized carbons (Fsp3) is 0.478. The molecule has 1 saturated carbocycles. The zero-order valence-electron chi connectivity index (χ0n) is 18.0. The molecule has 0 amide bonds. The Kier molecular flexibility index (Phi) is 11.4. The van der Waals surface area contributed by atoms with E-state index in [9.17, 15) is 5.11 Å². The van der Waals surface area contributed by atoms with Crippen LogP contribution in [0.3, 0.4) is 0 Å². The van der Waals surface area contributed by atoms with E-state index in [1.165, 1.54) is 0 Å². The molecule has 8 heteroatoms. The van der Waals surface area contributed by atoms with Crippen LogP contribution in [0.2, 0.25) is 0 Å². The lowest BCUT2D eigenvalue weighted by molar-refractivity contribution is 0.120. The molecule has 0 atom stereocenters. The zero-order chi connectivity index (χ0) is 21.0. The topological polar surface area (TPSA) is 88.0 Å². The molecule has 1 aromatic carbocycles. The number of aliphatic hydroxyl groups excluding tert-OH is 1. The number of aromatic nitrogens is 1. The number of aliphatic hydroxyl groups is 1. The molecule has 2 aromatic rings. The Morgan fingerprint density at radius 3 is 2.48 bits per heavy atom. The lowest BCUT2D eigenvalue weighted by Crippen LogP contribution is -2.45. The molecule has 170 valence electrons. The maximum atomic E-state index is 9.66. The highest BCUT2D eigenvalue weighted by molar-refractivity contribution is 14.0. The van der Waals surface area contributed by atoms with E-state index in [1.807, 2.05) is 42.5 Å². The molecule has 0 bridgehead atoms. The number of hydrogen-bond donors (Lipinski definition) is 3. The number of halogens is 1. The van der Waals surface area contributed by atoms with Crippen molar-refractivity contribution in [3.63, 3.8) is 0 Å². The molecule has 3 rings (SSSR count). The molecule has 1 heterocycles. The summed E-state index contributed by atoms with van der Waals surface area (Å²) in [7, 11) is 0. The number of aliphatic imine (C=N–C) groups is 1. The molecule has 7 nitrogen and oxygen atoms in total. The van der Waals surface area contributed by atoms with Gasteiger partial charge in [0.1, 0.15) is 19.0 Å². The minimum atomic E-state index is -0.153. The summed E-state index contributed by atoms with van der Waals surface area (Å²) in [6.07, 6.45) is 5.26. The number of nitrogens with one attached hydrogen (secondary N) is 2. The van der Waals surface area contributed by atoms with Crippen molar-refractivity contribution >= 4 is 29.9 Å². The first kappa shape index (κ1) is 25.2. The maximum Gasteiger partial charge on any atom is 0.213 e. The van der Waals surface area contributed by atoms with E-state index in [1.54, 1.807) is 6.20 Å². The molecule has 3 N–H and O–H groups in total. The molecule has 0 spiro atoms. The molecular formula is C23H33IN4O3. The monoisotopic (exact) mass is 540 g/mol. The van der Waals surface area contributed by atoms with E-state index >= 15 is 0 Å². The minimum Gasteiger partial charge on any atom is -0.490 e. The van der Waals surface area contributed by atoms with Gasteiger partial charge in [0.2, 0.25) is 5.88 Å². The number of para-hydroxylation sites is 1. The first-order valence-electron chi connectivity index (χ1n) is 10.7. The van der Waals surface area contributed by atoms with Crippen LogP contribution in [0.25, 0.3) is 0 Å². The summed E-state index contributed by atoms with van der Waals surface area (Å²) < 4.78 is 11.2. The van der Waals surface area contributed by atoms with Crippen LogP contribution in [0.15, 0.2) is 53.7 Å². The zero-order valence-corrected chi connectivity index (χ0v) is 20.3. The summed E-state index contributed by atoms with van der Waals surface area (Å²) in [5.74, 6) is 2.21. The van der Waals surface area contributed by atoms with Gasteiger partial charge in [-0.25, -0.2) is 9.98 Å². The summed E-state index contributed by atoms with van der Waals surface area (Å²) in [5.41, 5.74) is 1.01. The first-order valence-corrected chi connectivity index (χ1v) is 10.7. The molecule has 1 aromatic heterocycles. The SMILES string of the molecule is CCNC(=NCc1ccc(OCCOc2ccccc2)nc1)NC1CCC(O)CC1.I. The number of pyridine rings is 1. The molecule has 0 unspecified atom stereocenters. The van der Waals surface area contributed by atoms with Crippen molar-refractivity contribution in [3.8, 4) is 11.6 Å². The van der Waals surface area contributed by atoms with Crippen LogP contribution in [-0.2, 0) is 6.54 Å². The van der Waals surface area contributed by atoms with Gasteiger partial charge in [-0.1, -0.05) is 24.3 Å². The number of ether oxygens (including phenoxy) is 2. The molecule has 31 heavy (non-hydrogen) atoms. The van der Waals surface area contributed by atoms with Gasteiger partial charge in [0.05, 0.1) is 12.6 Å². The lowest BCUT2D eigenvalue weighted by atomic mass is 9.93. The van der Waals surface area contributed by atoms with E-state index < -0.39 is 0 Å². The fourth-order valence-electron chi connectivity index (χ4n) is 3.32. The van der Waals surface area contributed by atoms with Gasteiger partial charge in [0.15, 0.2) is 5.96 Å². The Morgan fingerprint density at radius 1 is 1.06 bits per heavy atom.